The number of nitrogens with one attached hydrogen (secondary N) is 3. The van der Waals surface area contributed by atoms with Crippen LogP contribution in [-0.2, 0) is 13.1 Å². The summed E-state index contributed by atoms with van der Waals surface area (Å²) in [6, 6.07) is 12.2. The van der Waals surface area contributed by atoms with Crippen LogP contribution in [0, 0.1) is 6.92 Å². The van der Waals surface area contributed by atoms with Crippen LogP contribution in [0.2, 0.25) is 0 Å². The highest BCUT2D eigenvalue weighted by Crippen LogP contribution is 2.23. The van der Waals surface area contributed by atoms with Crippen LogP contribution in [0.15, 0.2) is 47.5 Å². The van der Waals surface area contributed by atoms with Gasteiger partial charge in [0, 0.05) is 31.3 Å². The molecule has 0 unspecified atom stereocenters. The lowest BCUT2D eigenvalue weighted by molar-refractivity contribution is -0.153. The van der Waals surface area contributed by atoms with E-state index >= 15 is 0 Å². The van der Waals surface area contributed by atoms with Gasteiger partial charge in [0.1, 0.15) is 5.75 Å². The fourth-order valence-corrected chi connectivity index (χ4v) is 2.70. The molecule has 9 heteroatoms. The van der Waals surface area contributed by atoms with E-state index in [4.69, 9.17) is 4.74 Å². The Morgan fingerprint density at radius 1 is 1.10 bits per heavy atom. The summed E-state index contributed by atoms with van der Waals surface area (Å²) < 4.78 is 42.6. The molecule has 0 aliphatic carbocycles. The fraction of sp³-hybridized carbons (Fsp3) is 0.364. The summed E-state index contributed by atoms with van der Waals surface area (Å²) in [5.41, 5.74) is 2.87. The molecule has 2 aromatic carbocycles. The van der Waals surface area contributed by atoms with Gasteiger partial charge in [0.25, 0.3) is 5.91 Å². The minimum absolute atomic E-state index is 0.160. The molecule has 3 N–H and O–H groups in total. The number of halogens is 3. The van der Waals surface area contributed by atoms with Crippen LogP contribution < -0.4 is 20.7 Å². The Bertz CT molecular complexity index is 897. The third kappa shape index (κ3) is 8.19. The Hall–Kier alpha value is -3.23. The number of hydrogen-bond acceptors (Lipinski definition) is 3. The summed E-state index contributed by atoms with van der Waals surface area (Å²) >= 11 is 0. The maximum atomic E-state index is 12.5. The number of hydrogen-bond donors (Lipinski definition) is 3. The van der Waals surface area contributed by atoms with Gasteiger partial charge in [-0.15, -0.1) is 0 Å². The van der Waals surface area contributed by atoms with Gasteiger partial charge in [-0.05, 0) is 43.2 Å². The Labute approximate surface area is 179 Å². The molecule has 1 amide bonds. The number of nitrogens with zero attached hydrogens (tertiary/aromatic N) is 1. The van der Waals surface area contributed by atoms with Gasteiger partial charge >= 0.3 is 6.18 Å². The molecule has 0 atom stereocenters. The number of amides is 1. The topological polar surface area (TPSA) is 74.8 Å². The molecule has 0 aliphatic heterocycles. The largest absolute Gasteiger partial charge is 0.484 e. The van der Waals surface area contributed by atoms with Gasteiger partial charge in [-0.25, -0.2) is 4.99 Å². The van der Waals surface area contributed by atoms with Crippen molar-refractivity contribution in [3.63, 3.8) is 0 Å². The monoisotopic (exact) mass is 436 g/mol. The first-order valence-electron chi connectivity index (χ1n) is 9.84. The number of carbonyl (C=O) groups is 1. The Balaban J connectivity index is 2.05. The molecule has 0 bridgehead atoms. The molecule has 0 aliphatic rings. The highest BCUT2D eigenvalue weighted by molar-refractivity contribution is 5.93. The number of alkyl halides is 3. The van der Waals surface area contributed by atoms with Gasteiger partial charge < -0.3 is 20.7 Å². The first-order valence-corrected chi connectivity index (χ1v) is 9.84. The summed E-state index contributed by atoms with van der Waals surface area (Å²) in [6.45, 7) is 3.59. The molecule has 0 aromatic heterocycles. The zero-order valence-electron chi connectivity index (χ0n) is 17.8. The molecule has 0 spiro atoms. The standard InChI is InChI=1S/C22H27F3N4O2/c1-4-27-21(28-12-16-6-9-17(10-7-16)20(30)26-3)29-13-18-8-5-15(2)11-19(18)31-14-22(23,24)25/h5-11H,4,12-14H2,1-3H3,(H,26,30)(H2,27,28,29). The van der Waals surface area contributed by atoms with E-state index in [0.29, 0.717) is 30.2 Å². The van der Waals surface area contributed by atoms with Gasteiger partial charge in [-0.2, -0.15) is 13.2 Å². The van der Waals surface area contributed by atoms with Crippen molar-refractivity contribution < 1.29 is 22.7 Å². The molecular weight excluding hydrogens is 409 g/mol. The SMILES string of the molecule is CCNC(=NCc1ccc(C(=O)NC)cc1)NCc1ccc(C)cc1OCC(F)(F)F. The number of guanidine groups is 1. The molecular formula is C22H27F3N4O2. The van der Waals surface area contributed by atoms with E-state index in [2.05, 4.69) is 20.9 Å². The summed E-state index contributed by atoms with van der Waals surface area (Å²) in [4.78, 5) is 16.1. The van der Waals surface area contributed by atoms with Crippen LogP contribution in [0.3, 0.4) is 0 Å². The van der Waals surface area contributed by atoms with E-state index in [1.54, 1.807) is 38.2 Å². The molecule has 0 fully saturated rings. The van der Waals surface area contributed by atoms with E-state index in [-0.39, 0.29) is 18.2 Å². The number of rotatable bonds is 8. The first-order chi connectivity index (χ1) is 14.7. The third-order valence-corrected chi connectivity index (χ3v) is 4.27. The molecule has 0 radical (unpaired) electrons. The Kier molecular flexibility index (Phi) is 8.72. The second-order valence-corrected chi connectivity index (χ2v) is 6.84. The van der Waals surface area contributed by atoms with Crippen molar-refractivity contribution in [3.8, 4) is 5.75 Å². The van der Waals surface area contributed by atoms with Crippen molar-refractivity contribution in [2.24, 2.45) is 4.99 Å². The number of carbonyl (C=O) groups excluding carboxylic acids is 1. The van der Waals surface area contributed by atoms with Gasteiger partial charge in [-0.3, -0.25) is 4.79 Å². The van der Waals surface area contributed by atoms with Crippen LogP contribution in [0.25, 0.3) is 0 Å². The highest BCUT2D eigenvalue weighted by Gasteiger charge is 2.28. The molecule has 2 rings (SSSR count). The number of benzene rings is 2. The second-order valence-electron chi connectivity index (χ2n) is 6.84. The smallest absolute Gasteiger partial charge is 0.422 e. The summed E-state index contributed by atoms with van der Waals surface area (Å²) in [7, 11) is 1.57. The van der Waals surface area contributed by atoms with Crippen LogP contribution in [0.4, 0.5) is 13.2 Å². The maximum Gasteiger partial charge on any atom is 0.422 e. The predicted molar refractivity (Wildman–Crippen MR) is 114 cm³/mol. The van der Waals surface area contributed by atoms with Crippen molar-refractivity contribution in [1.29, 1.82) is 0 Å². The van der Waals surface area contributed by atoms with Crippen molar-refractivity contribution in [1.82, 2.24) is 16.0 Å². The molecule has 31 heavy (non-hydrogen) atoms. The number of aliphatic imine (C=N–C) groups is 1. The van der Waals surface area contributed by atoms with E-state index < -0.39 is 12.8 Å². The van der Waals surface area contributed by atoms with Gasteiger partial charge in [-0.1, -0.05) is 24.3 Å². The average molecular weight is 436 g/mol. The normalized spacial score (nSPS) is 11.7. The van der Waals surface area contributed by atoms with Crippen LogP contribution >= 0.6 is 0 Å². The highest BCUT2D eigenvalue weighted by atomic mass is 19.4. The van der Waals surface area contributed by atoms with Crippen LogP contribution in [0.1, 0.15) is 34.0 Å². The van der Waals surface area contributed by atoms with Crippen molar-refractivity contribution >= 4 is 11.9 Å². The molecule has 0 saturated carbocycles. The van der Waals surface area contributed by atoms with Crippen molar-refractivity contribution in [2.45, 2.75) is 33.1 Å². The van der Waals surface area contributed by atoms with Gasteiger partial charge in [0.15, 0.2) is 12.6 Å². The molecule has 6 nitrogen and oxygen atoms in total. The van der Waals surface area contributed by atoms with E-state index in [1.807, 2.05) is 25.1 Å². The Morgan fingerprint density at radius 2 is 1.81 bits per heavy atom. The quantitative estimate of drug-likeness (QED) is 0.437. The molecule has 0 saturated heterocycles. The first kappa shape index (κ1) is 24.0. The van der Waals surface area contributed by atoms with Crippen molar-refractivity contribution in [3.05, 3.63) is 64.7 Å². The van der Waals surface area contributed by atoms with E-state index in [9.17, 15) is 18.0 Å². The molecule has 0 heterocycles. The Morgan fingerprint density at radius 3 is 2.42 bits per heavy atom. The lowest BCUT2D eigenvalue weighted by Gasteiger charge is -2.16. The zero-order chi connectivity index (χ0) is 22.9. The fourth-order valence-electron chi connectivity index (χ4n) is 2.70. The maximum absolute atomic E-state index is 12.5. The average Bonchev–Trinajstić information content (AvgIpc) is 2.74. The summed E-state index contributed by atoms with van der Waals surface area (Å²) in [5, 5.41) is 8.79. The number of ether oxygens (including phenoxy) is 1. The second kappa shape index (κ2) is 11.2. The summed E-state index contributed by atoms with van der Waals surface area (Å²) in [6.07, 6.45) is -4.40. The zero-order valence-corrected chi connectivity index (χ0v) is 17.8. The molecule has 2 aromatic rings. The van der Waals surface area contributed by atoms with E-state index in [0.717, 1.165) is 11.1 Å². The van der Waals surface area contributed by atoms with Gasteiger partial charge in [0.2, 0.25) is 0 Å². The minimum Gasteiger partial charge on any atom is -0.484 e. The minimum atomic E-state index is -4.40. The lowest BCUT2D eigenvalue weighted by Crippen LogP contribution is -2.37. The van der Waals surface area contributed by atoms with Crippen molar-refractivity contribution in [2.75, 3.05) is 20.2 Å². The third-order valence-electron chi connectivity index (χ3n) is 4.27. The lowest BCUT2D eigenvalue weighted by atomic mass is 10.1. The number of aryl methyl sites for hydroxylation is 1. The van der Waals surface area contributed by atoms with E-state index in [1.165, 1.54) is 0 Å². The van der Waals surface area contributed by atoms with Gasteiger partial charge in [0.05, 0.1) is 6.54 Å². The predicted octanol–water partition coefficient (Wildman–Crippen LogP) is 3.55. The molecule has 168 valence electrons. The van der Waals surface area contributed by atoms with Crippen LogP contribution in [0.5, 0.6) is 5.75 Å². The van der Waals surface area contributed by atoms with Crippen LogP contribution in [-0.4, -0.2) is 38.2 Å². The summed E-state index contributed by atoms with van der Waals surface area (Å²) in [5.74, 6) is 0.539.